The van der Waals surface area contributed by atoms with Gasteiger partial charge in [0.05, 0.1) is 12.0 Å². The van der Waals surface area contributed by atoms with Crippen LogP contribution in [0.1, 0.15) is 68.6 Å². The zero-order valence-corrected chi connectivity index (χ0v) is 18.8. The molecule has 1 heterocycles. The van der Waals surface area contributed by atoms with Crippen LogP contribution in [0.25, 0.3) is 0 Å². The molecular weight excluding hydrogens is 406 g/mol. The Morgan fingerprint density at radius 1 is 1.00 bits per heavy atom. The number of benzene rings is 1. The Morgan fingerprint density at radius 3 is 2.22 bits per heavy atom. The SMILES string of the molecule is CCOc1ccc(C(=O)NNC(=O)C2CCCN2C(=O)C23CC4CC(CC(C4)C2)C3)cc1. The molecule has 4 aliphatic carbocycles. The quantitative estimate of drug-likeness (QED) is 0.691. The number of amides is 3. The molecule has 6 rings (SSSR count). The van der Waals surface area contributed by atoms with Crippen molar-refractivity contribution in [1.29, 1.82) is 0 Å². The van der Waals surface area contributed by atoms with Gasteiger partial charge in [0.25, 0.3) is 11.8 Å². The first-order valence-electron chi connectivity index (χ1n) is 12.1. The van der Waals surface area contributed by atoms with Gasteiger partial charge in [0, 0.05) is 12.1 Å². The van der Waals surface area contributed by atoms with Gasteiger partial charge in [-0.15, -0.1) is 0 Å². The molecule has 7 heteroatoms. The number of hydrogen-bond donors (Lipinski definition) is 2. The minimum Gasteiger partial charge on any atom is -0.494 e. The number of hydrazine groups is 1. The molecule has 4 bridgehead atoms. The van der Waals surface area contributed by atoms with Gasteiger partial charge in [0.15, 0.2) is 0 Å². The van der Waals surface area contributed by atoms with E-state index in [1.54, 1.807) is 24.3 Å². The smallest absolute Gasteiger partial charge is 0.269 e. The molecule has 1 aromatic carbocycles. The van der Waals surface area contributed by atoms with Crippen LogP contribution < -0.4 is 15.6 Å². The summed E-state index contributed by atoms with van der Waals surface area (Å²) >= 11 is 0. The summed E-state index contributed by atoms with van der Waals surface area (Å²) in [7, 11) is 0. The van der Waals surface area contributed by atoms with Crippen molar-refractivity contribution < 1.29 is 19.1 Å². The van der Waals surface area contributed by atoms with E-state index in [9.17, 15) is 14.4 Å². The third-order valence-corrected chi connectivity index (χ3v) is 8.03. The monoisotopic (exact) mass is 439 g/mol. The number of nitrogens with zero attached hydrogens (tertiary/aromatic N) is 1. The van der Waals surface area contributed by atoms with Crippen LogP contribution in [0.5, 0.6) is 5.75 Å². The lowest BCUT2D eigenvalue weighted by Gasteiger charge is -2.56. The Balaban J connectivity index is 1.20. The topological polar surface area (TPSA) is 87.7 Å². The van der Waals surface area contributed by atoms with Crippen LogP contribution in [0.15, 0.2) is 24.3 Å². The minimum absolute atomic E-state index is 0.187. The van der Waals surface area contributed by atoms with Crippen molar-refractivity contribution >= 4 is 17.7 Å². The minimum atomic E-state index is -0.504. The van der Waals surface area contributed by atoms with Crippen LogP contribution in [0.4, 0.5) is 0 Å². The second kappa shape index (κ2) is 8.41. The highest BCUT2D eigenvalue weighted by Crippen LogP contribution is 2.60. The molecule has 2 N–H and O–H groups in total. The molecule has 7 nitrogen and oxygen atoms in total. The Morgan fingerprint density at radius 2 is 1.62 bits per heavy atom. The lowest BCUT2D eigenvalue weighted by molar-refractivity contribution is -0.160. The first-order chi connectivity index (χ1) is 15.5. The van der Waals surface area contributed by atoms with Gasteiger partial charge in [0.1, 0.15) is 11.8 Å². The standard InChI is InChI=1S/C25H33N3O4/c1-2-32-20-7-5-19(6-8-20)22(29)26-27-23(30)21-4-3-9-28(21)24(31)25-13-16-10-17(14-25)12-18(11-16)15-25/h5-8,16-18,21H,2-4,9-15H2,1H3,(H,26,29)(H,27,30). The van der Waals surface area contributed by atoms with Gasteiger partial charge in [0.2, 0.25) is 5.91 Å². The third kappa shape index (κ3) is 3.86. The molecule has 172 valence electrons. The number of hydrogen-bond acceptors (Lipinski definition) is 4. The highest BCUT2D eigenvalue weighted by molar-refractivity contribution is 5.97. The number of carbonyl (C=O) groups excluding carboxylic acids is 3. The second-order valence-corrected chi connectivity index (χ2v) is 10.3. The van der Waals surface area contributed by atoms with Gasteiger partial charge in [-0.25, -0.2) is 0 Å². The molecule has 5 aliphatic rings. The summed E-state index contributed by atoms with van der Waals surface area (Å²) in [6.07, 6.45) is 8.31. The molecule has 1 aliphatic heterocycles. The number of likely N-dealkylation sites (tertiary alicyclic amines) is 1. The molecule has 1 aromatic rings. The summed E-state index contributed by atoms with van der Waals surface area (Å²) in [5, 5.41) is 0. The summed E-state index contributed by atoms with van der Waals surface area (Å²) < 4.78 is 5.39. The van der Waals surface area contributed by atoms with E-state index < -0.39 is 11.9 Å². The third-order valence-electron chi connectivity index (χ3n) is 8.03. The van der Waals surface area contributed by atoms with Crippen molar-refractivity contribution in [2.75, 3.05) is 13.2 Å². The highest BCUT2D eigenvalue weighted by Gasteiger charge is 2.56. The van der Waals surface area contributed by atoms with E-state index in [2.05, 4.69) is 10.9 Å². The van der Waals surface area contributed by atoms with Crippen molar-refractivity contribution in [3.05, 3.63) is 29.8 Å². The average Bonchev–Trinajstić information content (AvgIpc) is 3.26. The van der Waals surface area contributed by atoms with Gasteiger partial charge in [-0.1, -0.05) is 0 Å². The Kier molecular flexibility index (Phi) is 5.59. The lowest BCUT2D eigenvalue weighted by atomic mass is 9.49. The maximum atomic E-state index is 13.7. The number of ether oxygens (including phenoxy) is 1. The molecule has 1 saturated heterocycles. The van der Waals surface area contributed by atoms with Crippen LogP contribution in [-0.2, 0) is 9.59 Å². The zero-order valence-electron chi connectivity index (χ0n) is 18.8. The van der Waals surface area contributed by atoms with E-state index in [1.165, 1.54) is 19.3 Å². The number of carbonyl (C=O) groups is 3. The highest BCUT2D eigenvalue weighted by atomic mass is 16.5. The molecule has 0 spiro atoms. The summed E-state index contributed by atoms with van der Waals surface area (Å²) in [6, 6.07) is 6.26. The fourth-order valence-electron chi connectivity index (χ4n) is 7.10. The summed E-state index contributed by atoms with van der Waals surface area (Å²) in [5.74, 6) is 2.25. The fourth-order valence-corrected chi connectivity index (χ4v) is 7.10. The zero-order chi connectivity index (χ0) is 22.3. The second-order valence-electron chi connectivity index (χ2n) is 10.3. The average molecular weight is 440 g/mol. The molecule has 4 saturated carbocycles. The van der Waals surface area contributed by atoms with Crippen molar-refractivity contribution in [1.82, 2.24) is 15.8 Å². The normalized spacial score (nSPS) is 32.6. The van der Waals surface area contributed by atoms with E-state index in [4.69, 9.17) is 4.74 Å². The lowest BCUT2D eigenvalue weighted by Crippen LogP contribution is -2.58. The Hall–Kier alpha value is -2.57. The molecule has 5 fully saturated rings. The molecule has 3 amide bonds. The van der Waals surface area contributed by atoms with Crippen LogP contribution in [0, 0.1) is 23.2 Å². The van der Waals surface area contributed by atoms with Crippen molar-refractivity contribution in [2.24, 2.45) is 23.2 Å². The van der Waals surface area contributed by atoms with Gasteiger partial charge < -0.3 is 9.64 Å². The van der Waals surface area contributed by atoms with E-state index in [0.29, 0.717) is 48.6 Å². The number of rotatable bonds is 5. The Bertz CT molecular complexity index is 862. The Labute approximate surface area is 189 Å². The van der Waals surface area contributed by atoms with Crippen molar-refractivity contribution in [3.8, 4) is 5.75 Å². The maximum absolute atomic E-state index is 13.7. The predicted molar refractivity (Wildman–Crippen MR) is 119 cm³/mol. The van der Waals surface area contributed by atoms with Crippen molar-refractivity contribution in [2.45, 2.75) is 64.3 Å². The molecule has 32 heavy (non-hydrogen) atoms. The van der Waals surface area contributed by atoms with E-state index in [0.717, 1.165) is 25.7 Å². The van der Waals surface area contributed by atoms with Crippen LogP contribution >= 0.6 is 0 Å². The van der Waals surface area contributed by atoms with E-state index in [1.807, 2.05) is 11.8 Å². The molecule has 1 atom stereocenters. The van der Waals surface area contributed by atoms with Crippen LogP contribution in [-0.4, -0.2) is 41.8 Å². The van der Waals surface area contributed by atoms with Gasteiger partial charge in [-0.05, 0) is 100 Å². The first-order valence-corrected chi connectivity index (χ1v) is 12.1. The van der Waals surface area contributed by atoms with E-state index >= 15 is 0 Å². The van der Waals surface area contributed by atoms with Gasteiger partial charge in [-0.2, -0.15) is 0 Å². The van der Waals surface area contributed by atoms with Crippen LogP contribution in [0.3, 0.4) is 0 Å². The summed E-state index contributed by atoms with van der Waals surface area (Å²) in [6.45, 7) is 3.09. The molecule has 1 unspecified atom stereocenters. The number of nitrogens with one attached hydrogen (secondary N) is 2. The van der Waals surface area contributed by atoms with Gasteiger partial charge >= 0.3 is 0 Å². The first kappa shape index (κ1) is 21.3. The maximum Gasteiger partial charge on any atom is 0.269 e. The van der Waals surface area contributed by atoms with Gasteiger partial charge in [-0.3, -0.25) is 25.2 Å². The fraction of sp³-hybridized carbons (Fsp3) is 0.640. The molecule has 0 radical (unpaired) electrons. The molecular formula is C25H33N3O4. The molecule has 0 aromatic heterocycles. The van der Waals surface area contributed by atoms with E-state index in [-0.39, 0.29) is 17.2 Å². The predicted octanol–water partition coefficient (Wildman–Crippen LogP) is 3.05. The van der Waals surface area contributed by atoms with Crippen molar-refractivity contribution in [3.63, 3.8) is 0 Å². The summed E-state index contributed by atoms with van der Waals surface area (Å²) in [5.41, 5.74) is 5.25. The van der Waals surface area contributed by atoms with Crippen LogP contribution in [0.2, 0.25) is 0 Å². The largest absolute Gasteiger partial charge is 0.494 e. The summed E-state index contributed by atoms with van der Waals surface area (Å²) in [4.78, 5) is 40.9.